The van der Waals surface area contributed by atoms with Gasteiger partial charge in [-0.1, -0.05) is 11.6 Å². The largest absolute Gasteiger partial charge is 0.444 e. The molecule has 1 heterocycles. The number of piperazine rings is 1. The molecule has 1 aliphatic heterocycles. The summed E-state index contributed by atoms with van der Waals surface area (Å²) in [6.45, 7) is 6.97. The van der Waals surface area contributed by atoms with Gasteiger partial charge in [-0.15, -0.1) is 0 Å². The molecule has 1 fully saturated rings. The Balaban J connectivity index is 2.01. The molecular weight excluding hydrogens is 314 g/mol. The van der Waals surface area contributed by atoms with Crippen LogP contribution < -0.4 is 4.90 Å². The number of anilines is 1. The first kappa shape index (κ1) is 16.8. The monoisotopic (exact) mass is 332 g/mol. The Morgan fingerprint density at radius 3 is 2.27 bits per heavy atom. The highest BCUT2D eigenvalue weighted by molar-refractivity contribution is 6.30. The molecule has 0 radical (unpaired) electrons. The van der Waals surface area contributed by atoms with E-state index < -0.39 is 23.3 Å². The normalized spacial score (nSPS) is 15.9. The van der Waals surface area contributed by atoms with Gasteiger partial charge in [0.2, 0.25) is 0 Å². The summed E-state index contributed by atoms with van der Waals surface area (Å²) in [6, 6.07) is 2.05. The van der Waals surface area contributed by atoms with Gasteiger partial charge in [0, 0.05) is 32.2 Å². The molecule has 0 unspecified atom stereocenters. The van der Waals surface area contributed by atoms with Gasteiger partial charge < -0.3 is 14.5 Å². The Hall–Kier alpha value is -1.56. The van der Waals surface area contributed by atoms with Crippen molar-refractivity contribution in [3.63, 3.8) is 0 Å². The maximum Gasteiger partial charge on any atom is 0.410 e. The second kappa shape index (κ2) is 6.28. The van der Waals surface area contributed by atoms with Crippen LogP contribution in [0, 0.1) is 11.6 Å². The van der Waals surface area contributed by atoms with Gasteiger partial charge in [0.05, 0.1) is 10.7 Å². The molecule has 1 saturated heterocycles. The maximum atomic E-state index is 13.9. The van der Waals surface area contributed by atoms with Crippen LogP contribution in [0.4, 0.5) is 19.3 Å². The molecule has 1 aliphatic rings. The van der Waals surface area contributed by atoms with E-state index in [-0.39, 0.29) is 10.7 Å². The van der Waals surface area contributed by atoms with Crippen molar-refractivity contribution in [2.24, 2.45) is 0 Å². The molecule has 0 atom stereocenters. The molecule has 22 heavy (non-hydrogen) atoms. The van der Waals surface area contributed by atoms with Gasteiger partial charge in [-0.05, 0) is 26.8 Å². The molecular formula is C15H19ClF2N2O2. The second-order valence-corrected chi connectivity index (χ2v) is 6.58. The third-order valence-electron chi connectivity index (χ3n) is 3.26. The molecule has 0 saturated carbocycles. The number of benzene rings is 1. The number of rotatable bonds is 1. The van der Waals surface area contributed by atoms with Crippen LogP contribution in [0.3, 0.4) is 0 Å². The fraction of sp³-hybridized carbons (Fsp3) is 0.533. The molecule has 4 nitrogen and oxygen atoms in total. The third-order valence-corrected chi connectivity index (χ3v) is 3.55. The summed E-state index contributed by atoms with van der Waals surface area (Å²) in [6.07, 6.45) is -0.394. The average molecular weight is 333 g/mol. The van der Waals surface area contributed by atoms with Gasteiger partial charge in [0.15, 0.2) is 0 Å². The third kappa shape index (κ3) is 4.00. The number of ether oxygens (including phenoxy) is 1. The van der Waals surface area contributed by atoms with Crippen molar-refractivity contribution in [2.75, 3.05) is 31.1 Å². The molecule has 7 heteroatoms. The number of halogens is 3. The van der Waals surface area contributed by atoms with Crippen molar-refractivity contribution in [1.82, 2.24) is 4.90 Å². The first-order chi connectivity index (χ1) is 10.2. The van der Waals surface area contributed by atoms with Crippen LogP contribution in [0.2, 0.25) is 5.02 Å². The minimum Gasteiger partial charge on any atom is -0.444 e. The van der Waals surface area contributed by atoms with Gasteiger partial charge in [-0.2, -0.15) is 0 Å². The number of hydrogen-bond acceptors (Lipinski definition) is 3. The lowest BCUT2D eigenvalue weighted by Gasteiger charge is -2.36. The van der Waals surface area contributed by atoms with Gasteiger partial charge in [0.25, 0.3) is 0 Å². The van der Waals surface area contributed by atoms with E-state index in [4.69, 9.17) is 16.3 Å². The number of nitrogens with zero attached hydrogens (tertiary/aromatic N) is 2. The summed E-state index contributed by atoms with van der Waals surface area (Å²) in [4.78, 5) is 15.2. The highest BCUT2D eigenvalue weighted by Gasteiger charge is 2.27. The minimum absolute atomic E-state index is 0.158. The van der Waals surface area contributed by atoms with E-state index >= 15 is 0 Å². The molecule has 0 aliphatic carbocycles. The molecule has 1 aromatic carbocycles. The minimum atomic E-state index is -0.660. The Morgan fingerprint density at radius 1 is 1.14 bits per heavy atom. The van der Waals surface area contributed by atoms with Crippen molar-refractivity contribution in [3.8, 4) is 0 Å². The van der Waals surface area contributed by atoms with Gasteiger partial charge in [-0.25, -0.2) is 13.6 Å². The number of hydrogen-bond donors (Lipinski definition) is 0. The standard InChI is InChI=1S/C15H19ClF2N2O2/c1-15(2,3)22-14(21)20-6-4-19(5-7-20)13-9-11(17)10(16)8-12(13)18/h8-9H,4-7H2,1-3H3. The van der Waals surface area contributed by atoms with E-state index in [1.807, 2.05) is 0 Å². The molecule has 0 spiro atoms. The summed E-state index contributed by atoms with van der Waals surface area (Å²) in [5, 5.41) is -0.242. The van der Waals surface area contributed by atoms with Crippen molar-refractivity contribution >= 4 is 23.4 Å². The van der Waals surface area contributed by atoms with E-state index in [0.717, 1.165) is 12.1 Å². The molecule has 0 aromatic heterocycles. The summed E-state index contributed by atoms with van der Waals surface area (Å²) >= 11 is 5.55. The lowest BCUT2D eigenvalue weighted by molar-refractivity contribution is 0.0240. The molecule has 1 aromatic rings. The van der Waals surface area contributed by atoms with Crippen LogP contribution in [0.5, 0.6) is 0 Å². The Bertz CT molecular complexity index is 567. The van der Waals surface area contributed by atoms with Crippen LogP contribution in [-0.4, -0.2) is 42.8 Å². The first-order valence-electron chi connectivity index (χ1n) is 7.05. The number of amides is 1. The maximum absolute atomic E-state index is 13.9. The topological polar surface area (TPSA) is 32.8 Å². The van der Waals surface area contributed by atoms with Crippen LogP contribution in [-0.2, 0) is 4.74 Å². The van der Waals surface area contributed by atoms with Crippen molar-refractivity contribution in [3.05, 3.63) is 28.8 Å². The van der Waals surface area contributed by atoms with Gasteiger partial charge >= 0.3 is 6.09 Å². The van der Waals surface area contributed by atoms with Crippen molar-refractivity contribution < 1.29 is 18.3 Å². The summed E-state index contributed by atoms with van der Waals surface area (Å²) in [5.41, 5.74) is -0.398. The van der Waals surface area contributed by atoms with E-state index in [0.29, 0.717) is 26.2 Å². The molecule has 1 amide bonds. The smallest absolute Gasteiger partial charge is 0.410 e. The zero-order valence-electron chi connectivity index (χ0n) is 12.8. The van der Waals surface area contributed by atoms with Crippen LogP contribution in [0.1, 0.15) is 20.8 Å². The Morgan fingerprint density at radius 2 is 1.73 bits per heavy atom. The lowest BCUT2D eigenvalue weighted by atomic mass is 10.2. The van der Waals surface area contributed by atoms with E-state index in [1.54, 1.807) is 30.6 Å². The number of carbonyl (C=O) groups excluding carboxylic acids is 1. The molecule has 0 N–H and O–H groups in total. The average Bonchev–Trinajstić information content (AvgIpc) is 2.41. The van der Waals surface area contributed by atoms with Crippen molar-refractivity contribution in [1.29, 1.82) is 0 Å². The Labute approximate surface area is 133 Å². The summed E-state index contributed by atoms with van der Waals surface area (Å²) in [7, 11) is 0. The van der Waals surface area contributed by atoms with E-state index in [1.165, 1.54) is 0 Å². The molecule has 122 valence electrons. The van der Waals surface area contributed by atoms with Crippen molar-refractivity contribution in [2.45, 2.75) is 26.4 Å². The molecule has 2 rings (SSSR count). The lowest BCUT2D eigenvalue weighted by Crippen LogP contribution is -2.50. The first-order valence-corrected chi connectivity index (χ1v) is 7.42. The van der Waals surface area contributed by atoms with E-state index in [2.05, 4.69) is 0 Å². The highest BCUT2D eigenvalue weighted by atomic mass is 35.5. The number of carbonyl (C=O) groups is 1. The predicted octanol–water partition coefficient (Wildman–Crippen LogP) is 3.68. The quantitative estimate of drug-likeness (QED) is 0.736. The van der Waals surface area contributed by atoms with Gasteiger partial charge in [0.1, 0.15) is 17.2 Å². The summed E-state index contributed by atoms with van der Waals surface area (Å²) < 4.78 is 32.7. The zero-order valence-corrected chi connectivity index (χ0v) is 13.6. The molecule has 0 bridgehead atoms. The van der Waals surface area contributed by atoms with Crippen LogP contribution >= 0.6 is 11.6 Å². The van der Waals surface area contributed by atoms with Crippen LogP contribution in [0.25, 0.3) is 0 Å². The fourth-order valence-electron chi connectivity index (χ4n) is 2.21. The second-order valence-electron chi connectivity index (χ2n) is 6.17. The highest BCUT2D eigenvalue weighted by Crippen LogP contribution is 2.27. The Kier molecular flexibility index (Phi) is 4.80. The zero-order chi connectivity index (χ0) is 16.5. The van der Waals surface area contributed by atoms with Gasteiger partial charge in [-0.3, -0.25) is 0 Å². The van der Waals surface area contributed by atoms with Crippen LogP contribution in [0.15, 0.2) is 12.1 Å². The summed E-state index contributed by atoms with van der Waals surface area (Å²) in [5.74, 6) is -1.23. The fourth-order valence-corrected chi connectivity index (χ4v) is 2.36. The predicted molar refractivity (Wildman–Crippen MR) is 81.4 cm³/mol. The SMILES string of the molecule is CC(C)(C)OC(=O)N1CCN(c2cc(F)c(Cl)cc2F)CC1. The van der Waals surface area contributed by atoms with E-state index in [9.17, 15) is 13.6 Å².